The molecule has 4 aliphatic rings. The van der Waals surface area contributed by atoms with Crippen molar-refractivity contribution in [1.29, 1.82) is 0 Å². The monoisotopic (exact) mass is 332 g/mol. The maximum absolute atomic E-state index is 11.9. The molecule has 4 fully saturated rings. The molecule has 0 spiro atoms. The maximum atomic E-state index is 11.9. The Morgan fingerprint density at radius 2 is 1.12 bits per heavy atom. The van der Waals surface area contributed by atoms with Gasteiger partial charge in [-0.25, -0.2) is 9.59 Å². The number of hydrogen-bond donors (Lipinski definition) is 0. The van der Waals surface area contributed by atoms with Gasteiger partial charge in [-0.3, -0.25) is 0 Å². The average molecular weight is 332 g/mol. The maximum Gasteiger partial charge on any atom is 0.330 e. The minimum Gasteiger partial charge on any atom is -0.455 e. The summed E-state index contributed by atoms with van der Waals surface area (Å²) in [6.07, 6.45) is 8.06. The van der Waals surface area contributed by atoms with Crippen molar-refractivity contribution in [3.8, 4) is 0 Å². The van der Waals surface area contributed by atoms with Crippen LogP contribution < -0.4 is 0 Å². The van der Waals surface area contributed by atoms with Gasteiger partial charge in [0.25, 0.3) is 0 Å². The van der Waals surface area contributed by atoms with E-state index in [2.05, 4.69) is 27.0 Å². The van der Waals surface area contributed by atoms with Crippen LogP contribution in [0.5, 0.6) is 0 Å². The fourth-order valence-electron chi connectivity index (χ4n) is 6.11. The SMILES string of the molecule is C=CC(=O)OC1(CC)C2CC3CC1CC(C2)C3(CC)OC(=O)C=C. The number of ether oxygens (including phenoxy) is 2. The molecule has 0 aromatic heterocycles. The average Bonchev–Trinajstić information content (AvgIpc) is 2.58. The van der Waals surface area contributed by atoms with E-state index in [1.165, 1.54) is 12.2 Å². The van der Waals surface area contributed by atoms with Gasteiger partial charge in [-0.05, 0) is 62.2 Å². The molecule has 4 bridgehead atoms. The molecular formula is C20H28O4. The molecule has 0 radical (unpaired) electrons. The first kappa shape index (κ1) is 17.2. The van der Waals surface area contributed by atoms with E-state index in [0.29, 0.717) is 23.7 Å². The smallest absolute Gasteiger partial charge is 0.330 e. The molecule has 4 nitrogen and oxygen atoms in total. The lowest BCUT2D eigenvalue weighted by molar-refractivity contribution is -0.261. The zero-order valence-electron chi connectivity index (χ0n) is 14.8. The van der Waals surface area contributed by atoms with Gasteiger partial charge in [0.2, 0.25) is 0 Å². The predicted molar refractivity (Wildman–Crippen MR) is 91.1 cm³/mol. The number of carbonyl (C=O) groups excluding carboxylic acids is 2. The standard InChI is InChI=1S/C20H28O4/c1-5-17(21)23-19(7-3)13-9-15-11-14(19)12-16(10-13)20(15,8-4)24-18(22)6-2/h5-6,13-16H,1-2,7-12H2,3-4H3. The van der Waals surface area contributed by atoms with E-state index in [1.54, 1.807) is 0 Å². The molecule has 0 atom stereocenters. The highest BCUT2D eigenvalue weighted by Crippen LogP contribution is 2.65. The fraction of sp³-hybridized carbons (Fsp3) is 0.700. The molecule has 4 saturated carbocycles. The van der Waals surface area contributed by atoms with E-state index in [1.807, 2.05) is 0 Å². The summed E-state index contributed by atoms with van der Waals surface area (Å²) in [6, 6.07) is 0. The van der Waals surface area contributed by atoms with Crippen molar-refractivity contribution in [2.75, 3.05) is 0 Å². The van der Waals surface area contributed by atoms with Crippen molar-refractivity contribution in [3.63, 3.8) is 0 Å². The van der Waals surface area contributed by atoms with Gasteiger partial charge in [-0.15, -0.1) is 0 Å². The zero-order chi connectivity index (χ0) is 17.5. The van der Waals surface area contributed by atoms with Crippen LogP contribution in [0.4, 0.5) is 0 Å². The van der Waals surface area contributed by atoms with E-state index < -0.39 is 0 Å². The lowest BCUT2D eigenvalue weighted by Gasteiger charge is -2.66. The highest BCUT2D eigenvalue weighted by atomic mass is 16.6. The summed E-state index contributed by atoms with van der Waals surface area (Å²) in [6.45, 7) is 11.3. The van der Waals surface area contributed by atoms with Crippen LogP contribution in [-0.4, -0.2) is 23.1 Å². The summed E-state index contributed by atoms with van der Waals surface area (Å²) in [7, 11) is 0. The molecule has 0 N–H and O–H groups in total. The first-order valence-corrected chi connectivity index (χ1v) is 9.16. The van der Waals surface area contributed by atoms with Crippen molar-refractivity contribution >= 4 is 11.9 Å². The first-order chi connectivity index (χ1) is 11.5. The molecule has 0 unspecified atom stereocenters. The van der Waals surface area contributed by atoms with Crippen molar-refractivity contribution in [2.24, 2.45) is 23.7 Å². The number of rotatable bonds is 6. The molecule has 24 heavy (non-hydrogen) atoms. The Labute approximate surface area is 144 Å². The van der Waals surface area contributed by atoms with Gasteiger partial charge in [0.05, 0.1) is 0 Å². The molecule has 4 aliphatic carbocycles. The molecule has 132 valence electrons. The van der Waals surface area contributed by atoms with Crippen LogP contribution >= 0.6 is 0 Å². The third-order valence-electron chi connectivity index (χ3n) is 7.06. The molecule has 0 amide bonds. The van der Waals surface area contributed by atoms with Crippen LogP contribution in [0.25, 0.3) is 0 Å². The highest BCUT2D eigenvalue weighted by molar-refractivity contribution is 5.82. The minimum atomic E-state index is -0.360. The first-order valence-electron chi connectivity index (χ1n) is 9.16. The summed E-state index contributed by atoms with van der Waals surface area (Å²) < 4.78 is 11.9. The second-order valence-electron chi connectivity index (χ2n) is 7.60. The quantitative estimate of drug-likeness (QED) is 0.548. The Balaban J connectivity index is 1.89. The van der Waals surface area contributed by atoms with Crippen LogP contribution in [0.2, 0.25) is 0 Å². The highest BCUT2D eigenvalue weighted by Gasteiger charge is 2.67. The van der Waals surface area contributed by atoms with Gasteiger partial charge in [0, 0.05) is 12.2 Å². The van der Waals surface area contributed by atoms with Gasteiger partial charge >= 0.3 is 11.9 Å². The third-order valence-corrected chi connectivity index (χ3v) is 7.06. The van der Waals surface area contributed by atoms with Crippen molar-refractivity contribution in [3.05, 3.63) is 25.3 Å². The molecule has 4 heteroatoms. The van der Waals surface area contributed by atoms with Crippen LogP contribution in [0.3, 0.4) is 0 Å². The van der Waals surface area contributed by atoms with Crippen molar-refractivity contribution in [2.45, 2.75) is 63.6 Å². The lowest BCUT2D eigenvalue weighted by atomic mass is 9.44. The largest absolute Gasteiger partial charge is 0.455 e. The van der Waals surface area contributed by atoms with Gasteiger partial charge < -0.3 is 9.47 Å². The molecule has 0 aromatic carbocycles. The summed E-state index contributed by atoms with van der Waals surface area (Å²) in [4.78, 5) is 23.8. The van der Waals surface area contributed by atoms with E-state index in [9.17, 15) is 9.59 Å². The zero-order valence-corrected chi connectivity index (χ0v) is 14.8. The van der Waals surface area contributed by atoms with Crippen LogP contribution in [0.15, 0.2) is 25.3 Å². The van der Waals surface area contributed by atoms with Crippen LogP contribution in [0.1, 0.15) is 52.4 Å². The van der Waals surface area contributed by atoms with E-state index in [-0.39, 0.29) is 23.1 Å². The Hall–Kier alpha value is -1.58. The molecule has 0 saturated heterocycles. The number of esters is 2. The Bertz CT molecular complexity index is 486. The Kier molecular flexibility index (Phi) is 4.35. The van der Waals surface area contributed by atoms with Crippen molar-refractivity contribution < 1.29 is 19.1 Å². The summed E-state index contributed by atoms with van der Waals surface area (Å²) in [5.74, 6) is 0.798. The third kappa shape index (κ3) is 2.26. The van der Waals surface area contributed by atoms with E-state index >= 15 is 0 Å². The second-order valence-corrected chi connectivity index (χ2v) is 7.60. The topological polar surface area (TPSA) is 52.6 Å². The second kappa shape index (κ2) is 6.05. The fourth-order valence-corrected chi connectivity index (χ4v) is 6.11. The van der Waals surface area contributed by atoms with Crippen molar-refractivity contribution in [1.82, 2.24) is 0 Å². The van der Waals surface area contributed by atoms with E-state index in [0.717, 1.165) is 38.5 Å². The van der Waals surface area contributed by atoms with Gasteiger partial charge in [-0.2, -0.15) is 0 Å². The van der Waals surface area contributed by atoms with Gasteiger partial charge in [0.15, 0.2) is 0 Å². The number of hydrogen-bond acceptors (Lipinski definition) is 4. The van der Waals surface area contributed by atoms with Gasteiger partial charge in [-0.1, -0.05) is 27.0 Å². The predicted octanol–water partition coefficient (Wildman–Crippen LogP) is 3.81. The normalized spacial score (nSPS) is 42.4. The Morgan fingerprint density at radius 1 is 0.833 bits per heavy atom. The molecule has 0 heterocycles. The molecule has 0 aliphatic heterocycles. The number of carbonyl (C=O) groups is 2. The van der Waals surface area contributed by atoms with Gasteiger partial charge in [0.1, 0.15) is 11.2 Å². The summed E-state index contributed by atoms with van der Waals surface area (Å²) in [5, 5.41) is 0. The minimum absolute atomic E-state index is 0.316. The van der Waals surface area contributed by atoms with Crippen LogP contribution in [0, 0.1) is 23.7 Å². The Morgan fingerprint density at radius 3 is 1.33 bits per heavy atom. The molecular weight excluding hydrogens is 304 g/mol. The summed E-state index contributed by atoms with van der Waals surface area (Å²) >= 11 is 0. The van der Waals surface area contributed by atoms with Crippen LogP contribution in [-0.2, 0) is 19.1 Å². The summed E-state index contributed by atoms with van der Waals surface area (Å²) in [5.41, 5.74) is -0.721. The molecule has 4 rings (SSSR count). The van der Waals surface area contributed by atoms with E-state index in [4.69, 9.17) is 9.47 Å². The lowest BCUT2D eigenvalue weighted by Crippen LogP contribution is -2.68. The molecule has 0 aromatic rings.